The van der Waals surface area contributed by atoms with E-state index in [1.165, 1.54) is 0 Å². The number of H-pyrrole nitrogens is 1. The van der Waals surface area contributed by atoms with E-state index in [0.29, 0.717) is 27.7 Å². The van der Waals surface area contributed by atoms with Crippen LogP contribution in [-0.2, 0) is 6.42 Å². The van der Waals surface area contributed by atoms with E-state index in [1.807, 2.05) is 42.5 Å². The molecule has 3 aromatic rings. The third-order valence-electron chi connectivity index (χ3n) is 3.58. The minimum Gasteiger partial charge on any atom is -0.268 e. The number of aromatic nitrogens is 2. The van der Waals surface area contributed by atoms with Crippen LogP contribution >= 0.6 is 23.2 Å². The largest absolute Gasteiger partial charge is 0.268 e. The molecule has 2 aromatic carbocycles. The Morgan fingerprint density at radius 3 is 2.38 bits per heavy atom. The maximum atomic E-state index is 12.0. The van der Waals surface area contributed by atoms with Gasteiger partial charge < -0.3 is 0 Å². The second-order valence-electron chi connectivity index (χ2n) is 5.27. The summed E-state index contributed by atoms with van der Waals surface area (Å²) in [5, 5.41) is 7.65. The first-order chi connectivity index (χ1) is 11.6. The molecule has 0 spiro atoms. The highest BCUT2D eigenvalue weighted by Crippen LogP contribution is 2.26. The molecule has 0 aliphatic carbocycles. The topological polar surface area (TPSA) is 45.8 Å². The number of hydrogen-bond donors (Lipinski definition) is 1. The number of aromatic amines is 1. The van der Waals surface area contributed by atoms with Gasteiger partial charge in [0, 0.05) is 22.0 Å². The van der Waals surface area contributed by atoms with Crippen molar-refractivity contribution in [2.75, 3.05) is 0 Å². The van der Waals surface area contributed by atoms with Crippen LogP contribution in [0.1, 0.15) is 22.4 Å². The lowest BCUT2D eigenvalue weighted by atomic mass is 10.1. The molecule has 0 bridgehead atoms. The van der Waals surface area contributed by atoms with E-state index in [1.54, 1.807) is 24.3 Å². The van der Waals surface area contributed by atoms with Crippen LogP contribution in [0.25, 0.3) is 12.2 Å². The lowest BCUT2D eigenvalue weighted by Gasteiger charge is -2.06. The van der Waals surface area contributed by atoms with Gasteiger partial charge in [-0.15, -0.1) is 0 Å². The molecular weight excluding hydrogens is 343 g/mol. The van der Waals surface area contributed by atoms with Gasteiger partial charge >= 0.3 is 0 Å². The number of nitrogens with zero attached hydrogens (tertiary/aromatic N) is 1. The molecule has 1 heterocycles. The summed E-state index contributed by atoms with van der Waals surface area (Å²) >= 11 is 12.4. The zero-order chi connectivity index (χ0) is 16.9. The molecule has 0 unspecified atom stereocenters. The van der Waals surface area contributed by atoms with E-state index in [4.69, 9.17) is 23.2 Å². The van der Waals surface area contributed by atoms with Gasteiger partial charge in [-0.1, -0.05) is 65.7 Å². The molecule has 1 aromatic heterocycles. The molecule has 0 aliphatic heterocycles. The molecular formula is C19H14Cl2N2O. The zero-order valence-corrected chi connectivity index (χ0v) is 14.2. The minimum absolute atomic E-state index is 0.247. The van der Waals surface area contributed by atoms with Crippen molar-refractivity contribution < 1.29 is 0 Å². The van der Waals surface area contributed by atoms with Crippen LogP contribution in [0.5, 0.6) is 0 Å². The van der Waals surface area contributed by atoms with E-state index >= 15 is 0 Å². The van der Waals surface area contributed by atoms with Gasteiger partial charge in [0.1, 0.15) is 0 Å². The summed E-state index contributed by atoms with van der Waals surface area (Å²) in [7, 11) is 0. The van der Waals surface area contributed by atoms with Crippen LogP contribution in [0.4, 0.5) is 0 Å². The number of hydrogen-bond acceptors (Lipinski definition) is 2. The predicted molar refractivity (Wildman–Crippen MR) is 99.5 cm³/mol. The number of rotatable bonds is 4. The maximum Gasteiger partial charge on any atom is 0.267 e. The van der Waals surface area contributed by atoms with Crippen LogP contribution in [-0.4, -0.2) is 10.2 Å². The Bertz CT molecular complexity index is 913. The average Bonchev–Trinajstić information content (AvgIpc) is 2.59. The Morgan fingerprint density at radius 1 is 0.958 bits per heavy atom. The van der Waals surface area contributed by atoms with Crippen LogP contribution < -0.4 is 5.56 Å². The first-order valence-corrected chi connectivity index (χ1v) is 8.14. The van der Waals surface area contributed by atoms with Gasteiger partial charge in [-0.25, -0.2) is 5.10 Å². The first kappa shape index (κ1) is 16.5. The minimum atomic E-state index is -0.247. The molecule has 0 fully saturated rings. The van der Waals surface area contributed by atoms with E-state index in [0.717, 1.165) is 11.1 Å². The molecule has 24 heavy (non-hydrogen) atoms. The predicted octanol–water partition coefficient (Wildman–Crippen LogP) is 4.84. The third kappa shape index (κ3) is 3.94. The van der Waals surface area contributed by atoms with Crippen LogP contribution in [0.15, 0.2) is 59.4 Å². The van der Waals surface area contributed by atoms with Crippen molar-refractivity contribution in [2.24, 2.45) is 0 Å². The van der Waals surface area contributed by atoms with E-state index < -0.39 is 0 Å². The molecule has 1 N–H and O–H groups in total. The van der Waals surface area contributed by atoms with Gasteiger partial charge in [0.15, 0.2) is 0 Å². The molecule has 3 rings (SSSR count). The SMILES string of the molecule is O=c1[nH]nc(/C=C/c2ccccc2)cc1Cc1c(Cl)cccc1Cl. The van der Waals surface area contributed by atoms with Gasteiger partial charge in [0.05, 0.1) is 5.69 Å². The second-order valence-corrected chi connectivity index (χ2v) is 6.08. The summed E-state index contributed by atoms with van der Waals surface area (Å²) in [6.45, 7) is 0. The van der Waals surface area contributed by atoms with Gasteiger partial charge in [-0.2, -0.15) is 5.10 Å². The fraction of sp³-hybridized carbons (Fsp3) is 0.0526. The monoisotopic (exact) mass is 356 g/mol. The van der Waals surface area contributed by atoms with E-state index in [-0.39, 0.29) is 5.56 Å². The van der Waals surface area contributed by atoms with E-state index in [9.17, 15) is 4.79 Å². The molecule has 0 atom stereocenters. The molecule has 0 saturated heterocycles. The van der Waals surface area contributed by atoms with Crippen LogP contribution in [0.3, 0.4) is 0 Å². The summed E-state index contributed by atoms with van der Waals surface area (Å²) in [5.74, 6) is 0. The highest BCUT2D eigenvalue weighted by atomic mass is 35.5. The zero-order valence-electron chi connectivity index (χ0n) is 12.7. The van der Waals surface area contributed by atoms with E-state index in [2.05, 4.69) is 10.2 Å². The van der Waals surface area contributed by atoms with Crippen molar-refractivity contribution in [1.82, 2.24) is 10.2 Å². The summed E-state index contributed by atoms with van der Waals surface area (Å²) < 4.78 is 0. The van der Waals surface area contributed by atoms with Gasteiger partial charge in [0.25, 0.3) is 5.56 Å². The Labute approximate surface area is 149 Å². The molecule has 0 amide bonds. The number of nitrogens with one attached hydrogen (secondary N) is 1. The fourth-order valence-electron chi connectivity index (χ4n) is 2.32. The second kappa shape index (κ2) is 7.47. The molecule has 0 saturated carbocycles. The quantitative estimate of drug-likeness (QED) is 0.726. The highest BCUT2D eigenvalue weighted by molar-refractivity contribution is 6.36. The fourth-order valence-corrected chi connectivity index (χ4v) is 2.85. The lowest BCUT2D eigenvalue weighted by molar-refractivity contribution is 0.939. The Balaban J connectivity index is 1.90. The molecule has 5 heteroatoms. The Hall–Kier alpha value is -2.36. The standard InChI is InChI=1S/C19H14Cl2N2O/c20-17-7-4-8-18(21)16(17)12-14-11-15(22-23-19(14)24)10-9-13-5-2-1-3-6-13/h1-11H,12H2,(H,23,24)/b10-9+. The van der Waals surface area contributed by atoms with Gasteiger partial charge in [-0.3, -0.25) is 4.79 Å². The summed E-state index contributed by atoms with van der Waals surface area (Å²) in [6, 6.07) is 16.9. The van der Waals surface area contributed by atoms with Crippen molar-refractivity contribution in [2.45, 2.75) is 6.42 Å². The molecule has 0 aliphatic rings. The normalized spacial score (nSPS) is 11.1. The first-order valence-electron chi connectivity index (χ1n) is 7.38. The molecule has 3 nitrogen and oxygen atoms in total. The summed E-state index contributed by atoms with van der Waals surface area (Å²) in [4.78, 5) is 12.0. The van der Waals surface area contributed by atoms with Crippen molar-refractivity contribution >= 4 is 35.4 Å². The Morgan fingerprint density at radius 2 is 1.67 bits per heavy atom. The van der Waals surface area contributed by atoms with Crippen molar-refractivity contribution in [3.8, 4) is 0 Å². The summed E-state index contributed by atoms with van der Waals surface area (Å²) in [5.41, 5.74) is 2.77. The van der Waals surface area contributed by atoms with Crippen molar-refractivity contribution in [3.63, 3.8) is 0 Å². The maximum absolute atomic E-state index is 12.0. The van der Waals surface area contributed by atoms with Crippen LogP contribution in [0.2, 0.25) is 10.0 Å². The van der Waals surface area contributed by atoms with Gasteiger partial charge in [0.2, 0.25) is 0 Å². The molecule has 0 radical (unpaired) electrons. The highest BCUT2D eigenvalue weighted by Gasteiger charge is 2.10. The smallest absolute Gasteiger partial charge is 0.267 e. The molecule has 120 valence electrons. The Kier molecular flexibility index (Phi) is 5.14. The summed E-state index contributed by atoms with van der Waals surface area (Å²) in [6.07, 6.45) is 4.14. The number of benzene rings is 2. The van der Waals surface area contributed by atoms with Crippen LogP contribution in [0, 0.1) is 0 Å². The number of halogens is 2. The van der Waals surface area contributed by atoms with Crippen molar-refractivity contribution in [3.05, 3.63) is 97.4 Å². The third-order valence-corrected chi connectivity index (χ3v) is 4.28. The average molecular weight is 357 g/mol. The van der Waals surface area contributed by atoms with Crippen molar-refractivity contribution in [1.29, 1.82) is 0 Å². The lowest BCUT2D eigenvalue weighted by Crippen LogP contribution is -2.15. The van der Waals surface area contributed by atoms with Gasteiger partial charge in [-0.05, 0) is 35.4 Å².